The second-order valence-electron chi connectivity index (χ2n) is 1.80. The van der Waals surface area contributed by atoms with Crippen molar-refractivity contribution in [3.8, 4) is 0 Å². The molecule has 1 unspecified atom stereocenters. The summed E-state index contributed by atoms with van der Waals surface area (Å²) >= 11 is 0. The van der Waals surface area contributed by atoms with E-state index in [2.05, 4.69) is 9.84 Å². The van der Waals surface area contributed by atoms with Crippen molar-refractivity contribution in [3.63, 3.8) is 0 Å². The largest absolute Gasteiger partial charge is 0.480 e. The lowest BCUT2D eigenvalue weighted by Crippen LogP contribution is -2.23. The van der Waals surface area contributed by atoms with Gasteiger partial charge in [0, 0.05) is 7.11 Å². The van der Waals surface area contributed by atoms with Crippen LogP contribution in [0.25, 0.3) is 0 Å². The van der Waals surface area contributed by atoms with Gasteiger partial charge < -0.3 is 14.5 Å². The van der Waals surface area contributed by atoms with Crippen molar-refractivity contribution in [1.82, 2.24) is 5.32 Å². The number of nitrogens with one attached hydrogen (secondary N) is 1. The Kier molecular flexibility index (Phi) is 4.29. The third-order valence-electron chi connectivity index (χ3n) is 0.873. The molecule has 7 heteroatoms. The molecular formula is C4H10NO5P. The summed E-state index contributed by atoms with van der Waals surface area (Å²) < 4.78 is 14.8. The van der Waals surface area contributed by atoms with Crippen LogP contribution in [0.2, 0.25) is 0 Å². The highest BCUT2D eigenvalue weighted by molar-refractivity contribution is 7.52. The Morgan fingerprint density at radius 1 is 1.73 bits per heavy atom. The predicted molar refractivity (Wildman–Crippen MR) is 37.3 cm³/mol. The lowest BCUT2D eigenvalue weighted by atomic mass is 10.7. The second-order valence-corrected chi connectivity index (χ2v) is 3.75. The summed E-state index contributed by atoms with van der Waals surface area (Å²) in [7, 11) is -2.52. The second kappa shape index (κ2) is 4.46. The van der Waals surface area contributed by atoms with Crippen LogP contribution in [0.1, 0.15) is 0 Å². The molecule has 0 heterocycles. The van der Waals surface area contributed by atoms with E-state index in [1.165, 1.54) is 0 Å². The molecule has 6 nitrogen and oxygen atoms in total. The zero-order valence-electron chi connectivity index (χ0n) is 5.98. The van der Waals surface area contributed by atoms with Gasteiger partial charge in [-0.2, -0.15) is 0 Å². The molecule has 11 heavy (non-hydrogen) atoms. The Balaban J connectivity index is 3.54. The number of hydrogen-bond donors (Lipinski definition) is 3. The fraction of sp³-hybridized carbons (Fsp3) is 0.750. The molecule has 0 radical (unpaired) electrons. The molecule has 3 N–H and O–H groups in total. The van der Waals surface area contributed by atoms with Gasteiger partial charge in [-0.25, -0.2) is 0 Å². The van der Waals surface area contributed by atoms with Crippen LogP contribution in [0.4, 0.5) is 0 Å². The van der Waals surface area contributed by atoms with Gasteiger partial charge in [-0.15, -0.1) is 0 Å². The summed E-state index contributed by atoms with van der Waals surface area (Å²) in [6.45, 7) is -0.353. The fourth-order valence-electron chi connectivity index (χ4n) is 0.369. The van der Waals surface area contributed by atoms with Crippen molar-refractivity contribution in [2.75, 3.05) is 19.9 Å². The molecule has 0 aliphatic carbocycles. The van der Waals surface area contributed by atoms with Gasteiger partial charge in [0.2, 0.25) is 0 Å². The first-order valence-corrected chi connectivity index (χ1v) is 4.54. The molecule has 0 saturated heterocycles. The first kappa shape index (κ1) is 10.6. The predicted octanol–water partition coefficient (Wildman–Crippen LogP) is -0.550. The third kappa shape index (κ3) is 6.00. The summed E-state index contributed by atoms with van der Waals surface area (Å²) in [5, 5.41) is 10.3. The molecule has 0 aromatic heterocycles. The van der Waals surface area contributed by atoms with Crippen molar-refractivity contribution in [2.24, 2.45) is 0 Å². The molecule has 0 bridgehead atoms. The molecule has 0 fully saturated rings. The van der Waals surface area contributed by atoms with Crippen molar-refractivity contribution >= 4 is 13.6 Å². The Labute approximate surface area is 63.7 Å². The van der Waals surface area contributed by atoms with Gasteiger partial charge >= 0.3 is 13.6 Å². The number of carbonyl (C=O) groups is 1. The summed E-state index contributed by atoms with van der Waals surface area (Å²) in [5.41, 5.74) is 0. The Morgan fingerprint density at radius 3 is 2.64 bits per heavy atom. The average molecular weight is 183 g/mol. The van der Waals surface area contributed by atoms with E-state index in [9.17, 15) is 9.36 Å². The zero-order valence-corrected chi connectivity index (χ0v) is 6.88. The molecule has 0 aliphatic heterocycles. The third-order valence-corrected chi connectivity index (χ3v) is 2.07. The maximum absolute atomic E-state index is 10.6. The Hall–Kier alpha value is -0.420. The summed E-state index contributed by atoms with van der Waals surface area (Å²) in [4.78, 5) is 18.6. The van der Waals surface area contributed by atoms with Crippen LogP contribution < -0.4 is 5.32 Å². The van der Waals surface area contributed by atoms with Crippen LogP contribution in [0.15, 0.2) is 0 Å². The lowest BCUT2D eigenvalue weighted by molar-refractivity contribution is -0.135. The van der Waals surface area contributed by atoms with Gasteiger partial charge in [0.1, 0.15) is 0 Å². The quantitative estimate of drug-likeness (QED) is 0.495. The van der Waals surface area contributed by atoms with Crippen LogP contribution in [0.5, 0.6) is 0 Å². The van der Waals surface area contributed by atoms with Gasteiger partial charge in [-0.1, -0.05) is 0 Å². The number of aliphatic carboxylic acids is 1. The van der Waals surface area contributed by atoms with Gasteiger partial charge in [-0.05, 0) is 0 Å². The highest BCUT2D eigenvalue weighted by Gasteiger charge is 2.15. The fourth-order valence-corrected chi connectivity index (χ4v) is 0.892. The Morgan fingerprint density at radius 2 is 2.27 bits per heavy atom. The van der Waals surface area contributed by atoms with E-state index < -0.39 is 13.6 Å². The molecule has 0 amide bonds. The maximum Gasteiger partial charge on any atom is 0.341 e. The number of carboxylic acids is 1. The van der Waals surface area contributed by atoms with E-state index in [0.29, 0.717) is 0 Å². The molecule has 66 valence electrons. The molecule has 0 rings (SSSR count). The van der Waals surface area contributed by atoms with Crippen molar-refractivity contribution in [3.05, 3.63) is 0 Å². The highest BCUT2D eigenvalue weighted by atomic mass is 31.2. The minimum atomic E-state index is -3.60. The first-order chi connectivity index (χ1) is 4.98. The summed E-state index contributed by atoms with van der Waals surface area (Å²) in [6.07, 6.45) is -0.351. The van der Waals surface area contributed by atoms with Crippen LogP contribution >= 0.6 is 7.60 Å². The van der Waals surface area contributed by atoms with Gasteiger partial charge in [0.25, 0.3) is 0 Å². The number of hydrogen-bond acceptors (Lipinski definition) is 4. The Bertz CT molecular complexity index is 181. The van der Waals surface area contributed by atoms with Crippen molar-refractivity contribution < 1.29 is 23.9 Å². The molecule has 0 saturated carbocycles. The highest BCUT2D eigenvalue weighted by Crippen LogP contribution is 2.38. The maximum atomic E-state index is 10.6. The molecule has 0 aromatic rings. The van der Waals surface area contributed by atoms with E-state index in [4.69, 9.17) is 10.00 Å². The molecule has 0 aliphatic rings. The van der Waals surface area contributed by atoms with Crippen LogP contribution in [-0.2, 0) is 13.9 Å². The van der Waals surface area contributed by atoms with Gasteiger partial charge in [0.05, 0.1) is 12.8 Å². The van der Waals surface area contributed by atoms with Crippen molar-refractivity contribution in [1.29, 1.82) is 0 Å². The normalized spacial score (nSPS) is 15.8. The minimum Gasteiger partial charge on any atom is -0.480 e. The van der Waals surface area contributed by atoms with Crippen LogP contribution in [-0.4, -0.2) is 35.9 Å². The van der Waals surface area contributed by atoms with Crippen LogP contribution in [0, 0.1) is 0 Å². The molecular weight excluding hydrogens is 173 g/mol. The van der Waals surface area contributed by atoms with Crippen LogP contribution in [0.3, 0.4) is 0 Å². The molecule has 0 spiro atoms. The van der Waals surface area contributed by atoms with E-state index in [1.54, 1.807) is 0 Å². The van der Waals surface area contributed by atoms with Gasteiger partial charge in [0.15, 0.2) is 0 Å². The lowest BCUT2D eigenvalue weighted by Gasteiger charge is -2.07. The van der Waals surface area contributed by atoms with E-state index in [-0.39, 0.29) is 12.8 Å². The minimum absolute atomic E-state index is 0.351. The van der Waals surface area contributed by atoms with Crippen molar-refractivity contribution in [2.45, 2.75) is 0 Å². The standard InChI is InChI=1S/C4H10NO5P/c1-10-11(8,9)3-5-2-4(6)7/h5H,2-3H2,1H3,(H,6,7)(H,8,9). The monoisotopic (exact) mass is 183 g/mol. The summed E-state index contributed by atoms with van der Waals surface area (Å²) in [5.74, 6) is -1.08. The SMILES string of the molecule is COP(=O)(O)CNCC(=O)O. The molecule has 1 atom stereocenters. The number of carboxylic acid groups (broad SMARTS) is 1. The zero-order chi connectivity index (χ0) is 8.91. The van der Waals surface area contributed by atoms with Gasteiger partial charge in [-0.3, -0.25) is 14.7 Å². The van der Waals surface area contributed by atoms with E-state index in [1.807, 2.05) is 0 Å². The molecule has 0 aromatic carbocycles. The first-order valence-electron chi connectivity index (χ1n) is 2.78. The smallest absolute Gasteiger partial charge is 0.341 e. The average Bonchev–Trinajstić information content (AvgIpc) is 1.87. The van der Waals surface area contributed by atoms with E-state index in [0.717, 1.165) is 7.11 Å². The topological polar surface area (TPSA) is 95.9 Å². The summed E-state index contributed by atoms with van der Waals surface area (Å²) in [6, 6.07) is 0. The number of rotatable bonds is 5. The van der Waals surface area contributed by atoms with E-state index >= 15 is 0 Å².